The molecule has 3 N–H and O–H groups in total. The number of likely N-dealkylation sites (N-methyl/N-ethyl adjacent to an activating group) is 1. The van der Waals surface area contributed by atoms with Gasteiger partial charge >= 0.3 is 5.57 Å². The van der Waals surface area contributed by atoms with E-state index in [0.717, 1.165) is 35.6 Å². The van der Waals surface area contributed by atoms with Crippen LogP contribution in [0.3, 0.4) is 0 Å². The number of hydrogen-bond acceptors (Lipinski definition) is 5. The molecule has 0 saturated carbocycles. The number of nitrogens with zero attached hydrogens (tertiary/aromatic N) is 2. The second-order valence-electron chi connectivity index (χ2n) is 8.46. The largest absolute Gasteiger partial charge is 0.487 e. The van der Waals surface area contributed by atoms with Crippen molar-refractivity contribution < 1.29 is 18.3 Å². The number of rotatable bonds is 8. The summed E-state index contributed by atoms with van der Waals surface area (Å²) in [5.74, 6) is -0.211. The standard InChI is InChI=1S/C24H26ClF2N5O2/c1-14(2)32-13-16(12-28-3)19-10-15(11-20(22(19)32)21-8-9-29-31-21)23(33)30-17-4-6-18(7-5-17)34-24(25,26)27/h4-11,14,16,28H,12-13H2,1-3H3,(H,29,31)(H,30,33). The van der Waals surface area contributed by atoms with Gasteiger partial charge in [0.05, 0.1) is 11.4 Å². The van der Waals surface area contributed by atoms with Crippen LogP contribution in [0.2, 0.25) is 0 Å². The van der Waals surface area contributed by atoms with Gasteiger partial charge in [-0.3, -0.25) is 9.89 Å². The number of alkyl halides is 3. The summed E-state index contributed by atoms with van der Waals surface area (Å²) >= 11 is 4.80. The summed E-state index contributed by atoms with van der Waals surface area (Å²) < 4.78 is 30.0. The Labute approximate surface area is 201 Å². The Morgan fingerprint density at radius 1 is 1.29 bits per heavy atom. The Hall–Kier alpha value is -3.17. The van der Waals surface area contributed by atoms with E-state index in [2.05, 4.69) is 44.3 Å². The van der Waals surface area contributed by atoms with Crippen LogP contribution < -0.4 is 20.3 Å². The highest BCUT2D eigenvalue weighted by molar-refractivity contribution is 6.20. The number of fused-ring (bicyclic) bond motifs is 1. The van der Waals surface area contributed by atoms with Crippen LogP contribution in [0.15, 0.2) is 48.7 Å². The van der Waals surface area contributed by atoms with Crippen LogP contribution in [0.1, 0.15) is 35.7 Å². The van der Waals surface area contributed by atoms with Crippen LogP contribution in [0.25, 0.3) is 11.3 Å². The van der Waals surface area contributed by atoms with Crippen molar-refractivity contribution in [1.29, 1.82) is 0 Å². The van der Waals surface area contributed by atoms with Crippen LogP contribution in [0, 0.1) is 0 Å². The quantitative estimate of drug-likeness (QED) is 0.387. The number of nitrogens with one attached hydrogen (secondary N) is 3. The lowest BCUT2D eigenvalue weighted by molar-refractivity contribution is -0.0964. The fourth-order valence-electron chi connectivity index (χ4n) is 4.29. The summed E-state index contributed by atoms with van der Waals surface area (Å²) in [4.78, 5) is 15.5. The molecular formula is C24H26ClF2N5O2. The minimum atomic E-state index is -3.80. The molecule has 1 atom stereocenters. The minimum Gasteiger partial charge on any atom is -0.420 e. The lowest BCUT2D eigenvalue weighted by Crippen LogP contribution is -2.31. The molecule has 7 nitrogen and oxygen atoms in total. The van der Waals surface area contributed by atoms with E-state index in [1.54, 1.807) is 6.20 Å². The molecule has 1 aromatic heterocycles. The smallest absolute Gasteiger partial charge is 0.420 e. The highest BCUT2D eigenvalue weighted by atomic mass is 35.5. The lowest BCUT2D eigenvalue weighted by atomic mass is 9.94. The molecule has 1 aliphatic heterocycles. The monoisotopic (exact) mass is 489 g/mol. The fourth-order valence-corrected chi connectivity index (χ4v) is 4.38. The first-order chi connectivity index (χ1) is 16.2. The Morgan fingerprint density at radius 3 is 2.62 bits per heavy atom. The van der Waals surface area contributed by atoms with Gasteiger partial charge in [-0.05, 0) is 68.9 Å². The van der Waals surface area contributed by atoms with E-state index in [1.165, 1.54) is 24.3 Å². The van der Waals surface area contributed by atoms with Crippen LogP contribution >= 0.6 is 11.6 Å². The van der Waals surface area contributed by atoms with Crippen molar-refractivity contribution in [2.45, 2.75) is 31.4 Å². The normalized spacial score (nSPS) is 15.5. The number of aromatic amines is 1. The van der Waals surface area contributed by atoms with E-state index in [4.69, 9.17) is 11.6 Å². The molecule has 1 unspecified atom stereocenters. The van der Waals surface area contributed by atoms with Crippen molar-refractivity contribution in [2.24, 2.45) is 0 Å². The third-order valence-electron chi connectivity index (χ3n) is 5.76. The number of anilines is 2. The number of H-pyrrole nitrogens is 1. The number of halogens is 3. The summed E-state index contributed by atoms with van der Waals surface area (Å²) in [5.41, 5.74) is 1.04. The van der Waals surface area contributed by atoms with Crippen molar-refractivity contribution in [3.8, 4) is 17.0 Å². The Balaban J connectivity index is 1.68. The molecule has 2 heterocycles. The molecule has 0 bridgehead atoms. The number of carbonyl (C=O) groups excluding carboxylic acids is 1. The molecule has 4 rings (SSSR count). The van der Waals surface area contributed by atoms with Gasteiger partial charge in [-0.15, -0.1) is 8.78 Å². The number of amides is 1. The van der Waals surface area contributed by atoms with Crippen LogP contribution in [-0.4, -0.2) is 47.9 Å². The molecule has 0 fully saturated rings. The van der Waals surface area contributed by atoms with Gasteiger partial charge in [-0.25, -0.2) is 0 Å². The molecule has 0 aliphatic carbocycles. The maximum absolute atomic E-state index is 13.2. The van der Waals surface area contributed by atoms with Gasteiger partial charge in [0.1, 0.15) is 5.75 Å². The van der Waals surface area contributed by atoms with E-state index in [9.17, 15) is 13.6 Å². The molecule has 0 spiro atoms. The van der Waals surface area contributed by atoms with Crippen LogP contribution in [-0.2, 0) is 0 Å². The minimum absolute atomic E-state index is 0.110. The zero-order chi connectivity index (χ0) is 24.5. The number of benzene rings is 2. The van der Waals surface area contributed by atoms with E-state index < -0.39 is 5.57 Å². The Bertz CT molecular complexity index is 1150. The van der Waals surface area contributed by atoms with Gasteiger partial charge in [-0.1, -0.05) is 0 Å². The summed E-state index contributed by atoms with van der Waals surface area (Å²) in [6.07, 6.45) is 1.68. The third kappa shape index (κ3) is 5.15. The van der Waals surface area contributed by atoms with Gasteiger partial charge < -0.3 is 20.3 Å². The Kier molecular flexibility index (Phi) is 6.77. The molecule has 1 amide bonds. The molecule has 3 aromatic rings. The summed E-state index contributed by atoms with van der Waals surface area (Å²) in [5, 5.41) is 13.2. The lowest BCUT2D eigenvalue weighted by Gasteiger charge is -2.26. The van der Waals surface area contributed by atoms with Crippen molar-refractivity contribution in [1.82, 2.24) is 15.5 Å². The van der Waals surface area contributed by atoms with Crippen LogP contribution in [0.5, 0.6) is 5.75 Å². The van der Waals surface area contributed by atoms with Gasteiger partial charge in [0, 0.05) is 59.7 Å². The van der Waals surface area contributed by atoms with E-state index >= 15 is 0 Å². The first-order valence-corrected chi connectivity index (χ1v) is 11.3. The molecule has 0 radical (unpaired) electrons. The highest BCUT2D eigenvalue weighted by Gasteiger charge is 2.34. The summed E-state index contributed by atoms with van der Waals surface area (Å²) in [7, 11) is 1.91. The third-order valence-corrected chi connectivity index (χ3v) is 5.83. The highest BCUT2D eigenvalue weighted by Crippen LogP contribution is 2.44. The SMILES string of the molecule is CNCC1CN(C(C)C)c2c(-c3ccn[nH]3)cc(C(=O)Nc3ccc(OC(F)(F)Cl)cc3)cc21. The van der Waals surface area contributed by atoms with Gasteiger partial charge in [0.15, 0.2) is 0 Å². The molecule has 1 aliphatic rings. The number of ether oxygens (including phenoxy) is 1. The number of aromatic nitrogens is 2. The van der Waals surface area contributed by atoms with E-state index in [0.29, 0.717) is 11.3 Å². The first kappa shape index (κ1) is 24.0. The molecule has 10 heteroatoms. The first-order valence-electron chi connectivity index (χ1n) is 10.9. The summed E-state index contributed by atoms with van der Waals surface area (Å²) in [6.45, 7) is 5.91. The van der Waals surface area contributed by atoms with Gasteiger partial charge in [0.25, 0.3) is 5.91 Å². The molecule has 0 saturated heterocycles. The number of carbonyl (C=O) groups is 1. The average molecular weight is 490 g/mol. The van der Waals surface area contributed by atoms with E-state index in [-0.39, 0.29) is 23.6 Å². The molecule has 34 heavy (non-hydrogen) atoms. The molecule has 180 valence electrons. The maximum atomic E-state index is 13.2. The van der Waals surface area contributed by atoms with Crippen molar-refractivity contribution in [3.63, 3.8) is 0 Å². The second-order valence-corrected chi connectivity index (χ2v) is 8.90. The van der Waals surface area contributed by atoms with Crippen molar-refractivity contribution in [2.75, 3.05) is 30.4 Å². The molecular weight excluding hydrogens is 464 g/mol. The van der Waals surface area contributed by atoms with Gasteiger partial charge in [0.2, 0.25) is 0 Å². The topological polar surface area (TPSA) is 82.3 Å². The van der Waals surface area contributed by atoms with E-state index in [1.807, 2.05) is 25.2 Å². The summed E-state index contributed by atoms with van der Waals surface area (Å²) in [6, 6.07) is 11.5. The second kappa shape index (κ2) is 9.60. The molecule has 2 aromatic carbocycles. The predicted molar refractivity (Wildman–Crippen MR) is 129 cm³/mol. The Morgan fingerprint density at radius 2 is 2.03 bits per heavy atom. The predicted octanol–water partition coefficient (Wildman–Crippen LogP) is 5.03. The average Bonchev–Trinajstić information content (AvgIpc) is 3.42. The van der Waals surface area contributed by atoms with Crippen LogP contribution in [0.4, 0.5) is 20.2 Å². The zero-order valence-corrected chi connectivity index (χ0v) is 19.8. The van der Waals surface area contributed by atoms with Gasteiger partial charge in [-0.2, -0.15) is 5.10 Å². The maximum Gasteiger partial charge on any atom is 0.487 e. The van der Waals surface area contributed by atoms with Crippen molar-refractivity contribution >= 4 is 28.9 Å². The van der Waals surface area contributed by atoms with Crippen molar-refractivity contribution in [3.05, 3.63) is 59.8 Å². The zero-order valence-electron chi connectivity index (χ0n) is 19.0. The number of hydrogen-bond donors (Lipinski definition) is 3. The fraction of sp³-hybridized carbons (Fsp3) is 0.333.